The third kappa shape index (κ3) is 2.79. The van der Waals surface area contributed by atoms with Crippen LogP contribution in [0.25, 0.3) is 0 Å². The maximum Gasteiger partial charge on any atom is 0.251 e. The van der Waals surface area contributed by atoms with E-state index in [0.29, 0.717) is 11.4 Å². The van der Waals surface area contributed by atoms with Crippen molar-refractivity contribution in [1.82, 2.24) is 10.3 Å². The molecule has 0 atom stereocenters. The lowest BCUT2D eigenvalue weighted by molar-refractivity contribution is 0.0890. The first kappa shape index (κ1) is 12.8. The van der Waals surface area contributed by atoms with Crippen molar-refractivity contribution >= 4 is 11.7 Å². The average molecular weight is 248 g/mol. The van der Waals surface area contributed by atoms with Crippen LogP contribution in [-0.4, -0.2) is 17.4 Å². The molecule has 1 heterocycles. The van der Waals surface area contributed by atoms with Gasteiger partial charge >= 0.3 is 0 Å². The number of nitrogens with two attached hydrogens (primary N) is 1. The van der Waals surface area contributed by atoms with E-state index in [0.717, 1.165) is 12.2 Å². The van der Waals surface area contributed by atoms with Crippen LogP contribution in [0.4, 0.5) is 5.82 Å². The number of nitrogen functional groups attached to an aromatic ring is 1. The highest BCUT2D eigenvalue weighted by Crippen LogP contribution is 2.39. The molecule has 4 N–H and O–H groups in total. The van der Waals surface area contributed by atoms with Gasteiger partial charge < -0.3 is 10.7 Å². The maximum absolute atomic E-state index is 12.0. The number of rotatable bonds is 4. The Morgan fingerprint density at radius 2 is 2.22 bits per heavy atom. The Balaban J connectivity index is 2.01. The van der Waals surface area contributed by atoms with Gasteiger partial charge in [-0.25, -0.2) is 10.8 Å². The minimum Gasteiger partial charge on any atom is -0.351 e. The van der Waals surface area contributed by atoms with Gasteiger partial charge in [0.1, 0.15) is 5.82 Å². The monoisotopic (exact) mass is 248 g/mol. The van der Waals surface area contributed by atoms with E-state index < -0.39 is 0 Å². The lowest BCUT2D eigenvalue weighted by atomic mass is 9.70. The summed E-state index contributed by atoms with van der Waals surface area (Å²) in [5, 5.41) is 2.98. The van der Waals surface area contributed by atoms with Crippen LogP contribution in [0.5, 0.6) is 0 Å². The molecule has 1 aromatic heterocycles. The fraction of sp³-hybridized carbons (Fsp3) is 0.538. The molecule has 1 aromatic rings. The first-order valence-electron chi connectivity index (χ1n) is 6.26. The number of pyridine rings is 1. The van der Waals surface area contributed by atoms with Crippen molar-refractivity contribution in [1.29, 1.82) is 0 Å². The summed E-state index contributed by atoms with van der Waals surface area (Å²) in [6, 6.07) is 3.42. The first-order valence-corrected chi connectivity index (χ1v) is 6.26. The Bertz CT molecular complexity index is 454. The van der Waals surface area contributed by atoms with Crippen molar-refractivity contribution in [3.8, 4) is 0 Å². The molecule has 1 amide bonds. The summed E-state index contributed by atoms with van der Waals surface area (Å²) >= 11 is 0. The van der Waals surface area contributed by atoms with E-state index in [1.54, 1.807) is 12.1 Å². The van der Waals surface area contributed by atoms with Crippen LogP contribution in [0.2, 0.25) is 0 Å². The van der Waals surface area contributed by atoms with Gasteiger partial charge in [0, 0.05) is 17.8 Å². The van der Waals surface area contributed by atoms with Gasteiger partial charge in [0.25, 0.3) is 5.91 Å². The first-order chi connectivity index (χ1) is 8.52. The van der Waals surface area contributed by atoms with Crippen LogP contribution in [0, 0.1) is 12.3 Å². The zero-order valence-electron chi connectivity index (χ0n) is 10.9. The largest absolute Gasteiger partial charge is 0.351 e. The maximum atomic E-state index is 12.0. The summed E-state index contributed by atoms with van der Waals surface area (Å²) in [7, 11) is 0. The zero-order valence-corrected chi connectivity index (χ0v) is 10.9. The van der Waals surface area contributed by atoms with Gasteiger partial charge in [-0.05, 0) is 37.3 Å². The number of hydrogen-bond acceptors (Lipinski definition) is 4. The van der Waals surface area contributed by atoms with Gasteiger partial charge in [0.2, 0.25) is 0 Å². The molecule has 18 heavy (non-hydrogen) atoms. The molecular formula is C13H20N4O. The highest BCUT2D eigenvalue weighted by Gasteiger charge is 2.31. The van der Waals surface area contributed by atoms with Gasteiger partial charge in [0.15, 0.2) is 0 Å². The highest BCUT2D eigenvalue weighted by atomic mass is 16.1. The lowest BCUT2D eigenvalue weighted by Gasteiger charge is -2.38. The molecule has 98 valence electrons. The van der Waals surface area contributed by atoms with Gasteiger partial charge in [-0.1, -0.05) is 13.3 Å². The van der Waals surface area contributed by atoms with E-state index in [2.05, 4.69) is 22.7 Å². The van der Waals surface area contributed by atoms with E-state index in [1.165, 1.54) is 19.3 Å². The second-order valence-corrected chi connectivity index (χ2v) is 5.37. The number of nitrogens with one attached hydrogen (secondary N) is 2. The average Bonchev–Trinajstić information content (AvgIpc) is 2.32. The van der Waals surface area contributed by atoms with Crippen molar-refractivity contribution in [3.63, 3.8) is 0 Å². The topological polar surface area (TPSA) is 80.0 Å². The fourth-order valence-corrected chi connectivity index (χ4v) is 2.23. The predicted octanol–water partition coefficient (Wildman–Crippen LogP) is 1.60. The summed E-state index contributed by atoms with van der Waals surface area (Å²) in [4.78, 5) is 16.2. The number of amides is 1. The summed E-state index contributed by atoms with van der Waals surface area (Å²) in [6.45, 7) is 4.78. The number of carbonyl (C=O) groups is 1. The molecule has 1 saturated carbocycles. The van der Waals surface area contributed by atoms with Crippen LogP contribution in [0.3, 0.4) is 0 Å². The number of carbonyl (C=O) groups excluding carboxylic acids is 1. The number of aryl methyl sites for hydroxylation is 1. The van der Waals surface area contributed by atoms with Gasteiger partial charge in [-0.2, -0.15) is 0 Å². The molecule has 2 rings (SSSR count). The molecular weight excluding hydrogens is 228 g/mol. The molecule has 0 saturated heterocycles. The van der Waals surface area contributed by atoms with Crippen LogP contribution in [0.15, 0.2) is 12.1 Å². The third-order valence-corrected chi connectivity index (χ3v) is 3.60. The molecule has 0 bridgehead atoms. The molecule has 0 spiro atoms. The van der Waals surface area contributed by atoms with Gasteiger partial charge in [-0.15, -0.1) is 0 Å². The Morgan fingerprint density at radius 3 is 2.78 bits per heavy atom. The van der Waals surface area contributed by atoms with E-state index in [1.807, 2.05) is 6.92 Å². The van der Waals surface area contributed by atoms with Crippen molar-refractivity contribution in [2.24, 2.45) is 11.3 Å². The molecule has 1 aliphatic carbocycles. The number of hydrogen-bond donors (Lipinski definition) is 3. The van der Waals surface area contributed by atoms with Crippen molar-refractivity contribution < 1.29 is 4.79 Å². The third-order valence-electron chi connectivity index (χ3n) is 3.60. The molecule has 0 aliphatic heterocycles. The van der Waals surface area contributed by atoms with Crippen LogP contribution in [-0.2, 0) is 0 Å². The Hall–Kier alpha value is -1.62. The Morgan fingerprint density at radius 1 is 1.50 bits per heavy atom. The minimum absolute atomic E-state index is 0.0647. The predicted molar refractivity (Wildman–Crippen MR) is 71.1 cm³/mol. The Labute approximate surface area is 107 Å². The summed E-state index contributed by atoms with van der Waals surface area (Å²) in [5.41, 5.74) is 4.12. The summed E-state index contributed by atoms with van der Waals surface area (Å²) < 4.78 is 0. The molecule has 1 fully saturated rings. The fourth-order valence-electron chi connectivity index (χ4n) is 2.23. The van der Waals surface area contributed by atoms with E-state index in [9.17, 15) is 4.79 Å². The zero-order chi connectivity index (χ0) is 13.2. The second kappa shape index (κ2) is 4.94. The van der Waals surface area contributed by atoms with Gasteiger partial charge in [-0.3, -0.25) is 4.79 Å². The minimum atomic E-state index is -0.0647. The van der Waals surface area contributed by atoms with Crippen LogP contribution < -0.4 is 16.6 Å². The number of nitrogens with zero attached hydrogens (tertiary/aromatic N) is 1. The van der Waals surface area contributed by atoms with Crippen molar-refractivity contribution in [2.75, 3.05) is 12.0 Å². The Kier molecular flexibility index (Phi) is 3.52. The molecule has 1 aliphatic rings. The van der Waals surface area contributed by atoms with Crippen molar-refractivity contribution in [3.05, 3.63) is 23.4 Å². The van der Waals surface area contributed by atoms with E-state index in [-0.39, 0.29) is 11.3 Å². The van der Waals surface area contributed by atoms with E-state index in [4.69, 9.17) is 5.84 Å². The highest BCUT2D eigenvalue weighted by molar-refractivity contribution is 5.95. The van der Waals surface area contributed by atoms with Crippen LogP contribution >= 0.6 is 0 Å². The summed E-state index contributed by atoms with van der Waals surface area (Å²) in [6.07, 6.45) is 3.65. The molecule has 0 unspecified atom stereocenters. The molecule has 5 heteroatoms. The molecule has 5 nitrogen and oxygen atoms in total. The lowest BCUT2D eigenvalue weighted by Crippen LogP contribution is -2.40. The quantitative estimate of drug-likeness (QED) is 0.558. The SMILES string of the molecule is Cc1cc(C(=O)NCC2(C)CCC2)cc(NN)n1. The second-order valence-electron chi connectivity index (χ2n) is 5.37. The van der Waals surface area contributed by atoms with Crippen LogP contribution in [0.1, 0.15) is 42.2 Å². The molecule has 0 aromatic carbocycles. The number of anilines is 1. The normalized spacial score (nSPS) is 16.8. The number of hydrazine groups is 1. The molecule has 0 radical (unpaired) electrons. The smallest absolute Gasteiger partial charge is 0.251 e. The summed E-state index contributed by atoms with van der Waals surface area (Å²) in [5.74, 6) is 5.76. The van der Waals surface area contributed by atoms with Crippen molar-refractivity contribution in [2.45, 2.75) is 33.1 Å². The van der Waals surface area contributed by atoms with E-state index >= 15 is 0 Å². The standard InChI is InChI=1S/C13H20N4O/c1-9-6-10(7-11(16-9)17-14)12(18)15-8-13(2)4-3-5-13/h6-7H,3-5,8,14H2,1-2H3,(H,15,18)(H,16,17). The van der Waals surface area contributed by atoms with Gasteiger partial charge in [0.05, 0.1) is 0 Å². The number of aromatic nitrogens is 1.